The number of amides is 1. The van der Waals surface area contributed by atoms with Gasteiger partial charge in [0.2, 0.25) is 10.0 Å². The molecule has 3 aromatic rings. The summed E-state index contributed by atoms with van der Waals surface area (Å²) in [5.74, 6) is -0.993. The van der Waals surface area contributed by atoms with Crippen molar-refractivity contribution in [3.63, 3.8) is 0 Å². The maximum absolute atomic E-state index is 12.8. The molecule has 0 aliphatic heterocycles. The maximum Gasteiger partial charge on any atom is 0.339 e. The van der Waals surface area contributed by atoms with E-state index in [4.69, 9.17) is 8.92 Å². The number of hydrogen-bond donors (Lipinski definition) is 2. The molecule has 0 aromatic heterocycles. The van der Waals surface area contributed by atoms with Crippen LogP contribution >= 0.6 is 15.9 Å². The van der Waals surface area contributed by atoms with Gasteiger partial charge < -0.3 is 8.92 Å². The quantitative estimate of drug-likeness (QED) is 0.179. The van der Waals surface area contributed by atoms with Gasteiger partial charge in [0.1, 0.15) is 10.9 Å². The third-order valence-electron chi connectivity index (χ3n) is 5.71. The predicted octanol–water partition coefficient (Wildman–Crippen LogP) is 4.30. The Balaban J connectivity index is 1.75. The first-order chi connectivity index (χ1) is 18.7. The van der Waals surface area contributed by atoms with Crippen LogP contribution in [-0.4, -0.2) is 42.1 Å². The highest BCUT2D eigenvalue weighted by molar-refractivity contribution is 9.10. The van der Waals surface area contributed by atoms with Crippen LogP contribution in [0.5, 0.6) is 11.5 Å². The van der Waals surface area contributed by atoms with E-state index in [2.05, 4.69) is 31.2 Å². The summed E-state index contributed by atoms with van der Waals surface area (Å²) >= 11 is 3.30. The predicted molar refractivity (Wildman–Crippen MR) is 156 cm³/mol. The molecule has 0 saturated heterocycles. The number of hydrazone groups is 1. The summed E-state index contributed by atoms with van der Waals surface area (Å²) < 4.78 is 64.5. The standard InChI is InChI=1S/C27H30BrN3O7S2/c1-17(2)25(31-39(33,34)21-10-6-18(3)7-11-21)27(32)30-29-16-20-14-23(28)26(24(15-20)37-5)38-40(35,36)22-12-8-19(4)9-13-22/h6-17,25,31H,1-5H3,(H,30,32)/b29-16-/t25-/m0/s1. The van der Waals surface area contributed by atoms with Crippen molar-refractivity contribution in [3.05, 3.63) is 81.8 Å². The van der Waals surface area contributed by atoms with Crippen molar-refractivity contribution in [2.45, 2.75) is 43.5 Å². The molecule has 10 nitrogen and oxygen atoms in total. The molecule has 13 heteroatoms. The van der Waals surface area contributed by atoms with E-state index in [1.807, 2.05) is 13.8 Å². The third kappa shape index (κ3) is 7.90. The van der Waals surface area contributed by atoms with E-state index in [9.17, 15) is 21.6 Å². The van der Waals surface area contributed by atoms with E-state index in [0.717, 1.165) is 11.1 Å². The zero-order valence-corrected chi connectivity index (χ0v) is 25.7. The molecule has 0 unspecified atom stereocenters. The zero-order chi connectivity index (χ0) is 29.7. The van der Waals surface area contributed by atoms with Gasteiger partial charge in [-0.05, 0) is 77.7 Å². The Morgan fingerprint density at radius 2 is 1.48 bits per heavy atom. The number of nitrogens with one attached hydrogen (secondary N) is 2. The number of carbonyl (C=O) groups is 1. The highest BCUT2D eigenvalue weighted by Crippen LogP contribution is 2.38. The van der Waals surface area contributed by atoms with E-state index >= 15 is 0 Å². The Kier molecular flexibility index (Phi) is 10.1. The molecular weight excluding hydrogens is 622 g/mol. The Morgan fingerprint density at radius 1 is 0.925 bits per heavy atom. The highest BCUT2D eigenvalue weighted by atomic mass is 79.9. The van der Waals surface area contributed by atoms with Crippen LogP contribution in [0.15, 0.2) is 80.0 Å². The molecule has 0 saturated carbocycles. The van der Waals surface area contributed by atoms with E-state index in [0.29, 0.717) is 5.56 Å². The summed E-state index contributed by atoms with van der Waals surface area (Å²) in [5, 5.41) is 3.94. The Hall–Kier alpha value is -3.26. The Morgan fingerprint density at radius 3 is 2.00 bits per heavy atom. The maximum atomic E-state index is 12.8. The van der Waals surface area contributed by atoms with Gasteiger partial charge in [-0.3, -0.25) is 4.79 Å². The smallest absolute Gasteiger partial charge is 0.339 e. The minimum absolute atomic E-state index is 0.0156. The van der Waals surface area contributed by atoms with Crippen molar-refractivity contribution < 1.29 is 30.6 Å². The van der Waals surface area contributed by atoms with Crippen molar-refractivity contribution in [1.82, 2.24) is 10.1 Å². The zero-order valence-electron chi connectivity index (χ0n) is 22.5. The second kappa shape index (κ2) is 12.9. The first-order valence-electron chi connectivity index (χ1n) is 12.0. The van der Waals surface area contributed by atoms with Gasteiger partial charge in [0.15, 0.2) is 11.5 Å². The van der Waals surface area contributed by atoms with Crippen molar-refractivity contribution in [2.75, 3.05) is 7.11 Å². The molecule has 1 atom stereocenters. The number of methoxy groups -OCH3 is 1. The SMILES string of the molecule is COc1cc(/C=N\NC(=O)[C@@H](NS(=O)(=O)c2ccc(C)cc2)C(C)C)cc(Br)c1OS(=O)(=O)c1ccc(C)cc1. The summed E-state index contributed by atoms with van der Waals surface area (Å²) in [6.07, 6.45) is 1.30. The normalized spacial score (nSPS) is 12.9. The van der Waals surface area contributed by atoms with Gasteiger partial charge in [0.05, 0.1) is 22.7 Å². The number of hydrogen-bond acceptors (Lipinski definition) is 8. The molecular formula is C27H30BrN3O7S2. The van der Waals surface area contributed by atoms with Gasteiger partial charge >= 0.3 is 10.1 Å². The number of aryl methyl sites for hydroxylation is 2. The van der Waals surface area contributed by atoms with Crippen LogP contribution in [0.2, 0.25) is 0 Å². The third-order valence-corrected chi connectivity index (χ3v) is 8.99. The Bertz CT molecular complexity index is 1610. The number of ether oxygens (including phenoxy) is 1. The van der Waals surface area contributed by atoms with Crippen molar-refractivity contribution >= 4 is 48.2 Å². The average Bonchev–Trinajstić information content (AvgIpc) is 2.89. The average molecular weight is 653 g/mol. The van der Waals surface area contributed by atoms with E-state index in [1.165, 1.54) is 49.7 Å². The van der Waals surface area contributed by atoms with Gasteiger partial charge in [-0.2, -0.15) is 18.2 Å². The first kappa shape index (κ1) is 31.3. The number of sulfonamides is 1. The van der Waals surface area contributed by atoms with Crippen LogP contribution in [-0.2, 0) is 24.9 Å². The minimum Gasteiger partial charge on any atom is -0.493 e. The van der Waals surface area contributed by atoms with Gasteiger partial charge in [-0.1, -0.05) is 49.2 Å². The lowest BCUT2D eigenvalue weighted by atomic mass is 10.1. The molecule has 0 fully saturated rings. The molecule has 3 rings (SSSR count). The molecule has 0 heterocycles. The molecule has 0 spiro atoms. The van der Waals surface area contributed by atoms with Gasteiger partial charge in [-0.15, -0.1) is 0 Å². The van der Waals surface area contributed by atoms with Crippen LogP contribution in [0.1, 0.15) is 30.5 Å². The topological polar surface area (TPSA) is 140 Å². The van der Waals surface area contributed by atoms with Crippen LogP contribution in [0, 0.1) is 19.8 Å². The lowest BCUT2D eigenvalue weighted by Crippen LogP contribution is -2.48. The fraction of sp³-hybridized carbons (Fsp3) is 0.259. The summed E-state index contributed by atoms with van der Waals surface area (Å²) in [6.45, 7) is 7.09. The second-order valence-corrected chi connectivity index (χ2v) is 13.4. The molecule has 2 N–H and O–H groups in total. The summed E-state index contributed by atoms with van der Waals surface area (Å²) in [4.78, 5) is 12.9. The lowest BCUT2D eigenvalue weighted by molar-refractivity contribution is -0.123. The molecule has 40 heavy (non-hydrogen) atoms. The Labute approximate surface area is 243 Å². The van der Waals surface area contributed by atoms with Gasteiger partial charge in [0, 0.05) is 0 Å². The molecule has 0 aliphatic carbocycles. The number of nitrogens with zero attached hydrogens (tertiary/aromatic N) is 1. The van der Waals surface area contributed by atoms with Crippen molar-refractivity contribution in [1.29, 1.82) is 0 Å². The lowest BCUT2D eigenvalue weighted by Gasteiger charge is -2.20. The minimum atomic E-state index is -4.14. The molecule has 3 aromatic carbocycles. The number of benzene rings is 3. The van der Waals surface area contributed by atoms with Crippen LogP contribution in [0.4, 0.5) is 0 Å². The summed E-state index contributed by atoms with van der Waals surface area (Å²) in [6, 6.07) is 14.4. The summed E-state index contributed by atoms with van der Waals surface area (Å²) in [5.41, 5.74) is 4.59. The number of carbonyl (C=O) groups excluding carboxylic acids is 1. The highest BCUT2D eigenvalue weighted by Gasteiger charge is 2.28. The van der Waals surface area contributed by atoms with Gasteiger partial charge in [0.25, 0.3) is 5.91 Å². The molecule has 0 aliphatic rings. The fourth-order valence-electron chi connectivity index (χ4n) is 3.44. The van der Waals surface area contributed by atoms with Crippen molar-refractivity contribution in [2.24, 2.45) is 11.0 Å². The first-order valence-corrected chi connectivity index (χ1v) is 15.7. The number of rotatable bonds is 11. The largest absolute Gasteiger partial charge is 0.493 e. The second-order valence-electron chi connectivity index (χ2n) is 9.27. The van der Waals surface area contributed by atoms with Crippen LogP contribution < -0.4 is 19.1 Å². The molecule has 214 valence electrons. The van der Waals surface area contributed by atoms with Gasteiger partial charge in [-0.25, -0.2) is 13.8 Å². The van der Waals surface area contributed by atoms with E-state index in [-0.39, 0.29) is 31.7 Å². The summed E-state index contributed by atoms with van der Waals surface area (Å²) in [7, 11) is -6.74. The van der Waals surface area contributed by atoms with E-state index < -0.39 is 32.1 Å². The van der Waals surface area contributed by atoms with Crippen LogP contribution in [0.3, 0.4) is 0 Å². The van der Waals surface area contributed by atoms with Crippen LogP contribution in [0.25, 0.3) is 0 Å². The fourth-order valence-corrected chi connectivity index (χ4v) is 6.39. The van der Waals surface area contributed by atoms with E-state index in [1.54, 1.807) is 38.1 Å². The molecule has 0 radical (unpaired) electrons. The molecule has 1 amide bonds. The van der Waals surface area contributed by atoms with Crippen molar-refractivity contribution in [3.8, 4) is 11.5 Å². The monoisotopic (exact) mass is 651 g/mol. The molecule has 0 bridgehead atoms. The number of halogens is 1.